The number of nitrogens with zero attached hydrogens (tertiary/aromatic N) is 2. The van der Waals surface area contributed by atoms with Gasteiger partial charge in [-0.25, -0.2) is 4.98 Å². The Labute approximate surface area is 166 Å². The lowest BCUT2D eigenvalue weighted by atomic mass is 10.0. The molecule has 2 aromatic heterocycles. The summed E-state index contributed by atoms with van der Waals surface area (Å²) in [6, 6.07) is 9.79. The molecule has 1 saturated heterocycles. The van der Waals surface area contributed by atoms with Crippen LogP contribution in [0.15, 0.2) is 41.1 Å². The summed E-state index contributed by atoms with van der Waals surface area (Å²) in [6.07, 6.45) is 1.88. The highest BCUT2D eigenvalue weighted by Gasteiger charge is 2.33. The van der Waals surface area contributed by atoms with E-state index in [1.807, 2.05) is 46.0 Å². The Hall–Kier alpha value is -2.38. The first-order chi connectivity index (χ1) is 13.2. The zero-order valence-corrected chi connectivity index (χ0v) is 16.8. The van der Waals surface area contributed by atoms with Gasteiger partial charge in [-0.2, -0.15) is 0 Å². The summed E-state index contributed by atoms with van der Waals surface area (Å²) in [5.41, 5.74) is 1.53. The molecule has 0 unspecified atom stereocenters. The molecule has 1 aliphatic rings. The highest BCUT2D eigenvalue weighted by molar-refractivity contribution is 7.20. The number of thiophene rings is 1. The summed E-state index contributed by atoms with van der Waals surface area (Å²) < 4.78 is 10.8. The molecule has 1 amide bonds. The smallest absolute Gasteiger partial charge is 0.273 e. The summed E-state index contributed by atoms with van der Waals surface area (Å²) in [6.45, 7) is 0.727. The molecule has 1 fully saturated rings. The zero-order valence-electron chi connectivity index (χ0n) is 15.2. The fraction of sp³-hybridized carbons (Fsp3) is 0.300. The highest BCUT2D eigenvalue weighted by atomic mass is 32.1. The summed E-state index contributed by atoms with van der Waals surface area (Å²) in [4.78, 5) is 20.7. The van der Waals surface area contributed by atoms with Gasteiger partial charge in [0.05, 0.1) is 25.1 Å². The lowest BCUT2D eigenvalue weighted by molar-refractivity contribution is 0.0729. The molecule has 0 spiro atoms. The third-order valence-corrected chi connectivity index (χ3v) is 6.65. The Morgan fingerprint density at radius 3 is 2.85 bits per heavy atom. The maximum atomic E-state index is 13.1. The van der Waals surface area contributed by atoms with Crippen LogP contribution in [-0.2, 0) is 0 Å². The monoisotopic (exact) mass is 400 g/mol. The van der Waals surface area contributed by atoms with E-state index in [1.165, 1.54) is 11.3 Å². The van der Waals surface area contributed by atoms with Crippen molar-refractivity contribution in [2.75, 3.05) is 20.8 Å². The topological polar surface area (TPSA) is 51.7 Å². The van der Waals surface area contributed by atoms with Crippen molar-refractivity contribution in [3.63, 3.8) is 0 Å². The Morgan fingerprint density at radius 1 is 1.22 bits per heavy atom. The number of hydrogen-bond acceptors (Lipinski definition) is 6. The van der Waals surface area contributed by atoms with E-state index in [0.29, 0.717) is 5.69 Å². The predicted octanol–water partition coefficient (Wildman–Crippen LogP) is 4.87. The normalized spacial score (nSPS) is 16.5. The van der Waals surface area contributed by atoms with Gasteiger partial charge >= 0.3 is 0 Å². The lowest BCUT2D eigenvalue weighted by Crippen LogP contribution is -2.31. The van der Waals surface area contributed by atoms with E-state index < -0.39 is 0 Å². The summed E-state index contributed by atoms with van der Waals surface area (Å²) in [5, 5.41) is 4.77. The van der Waals surface area contributed by atoms with E-state index in [9.17, 15) is 4.79 Å². The summed E-state index contributed by atoms with van der Waals surface area (Å²) >= 11 is 3.15. The van der Waals surface area contributed by atoms with Crippen molar-refractivity contribution in [2.45, 2.75) is 18.9 Å². The predicted molar refractivity (Wildman–Crippen MR) is 108 cm³/mol. The molecule has 1 aliphatic heterocycles. The van der Waals surface area contributed by atoms with Gasteiger partial charge in [0, 0.05) is 23.6 Å². The quantitative estimate of drug-likeness (QED) is 0.613. The Morgan fingerprint density at radius 2 is 2.11 bits per heavy atom. The first kappa shape index (κ1) is 18.0. The number of ether oxygens (including phenoxy) is 2. The van der Waals surface area contributed by atoms with E-state index in [0.717, 1.165) is 46.3 Å². The number of hydrogen-bond donors (Lipinski definition) is 0. The van der Waals surface area contributed by atoms with Crippen LogP contribution in [0.3, 0.4) is 0 Å². The van der Waals surface area contributed by atoms with Crippen LogP contribution in [0.1, 0.15) is 34.9 Å². The van der Waals surface area contributed by atoms with Crippen LogP contribution in [-0.4, -0.2) is 36.6 Å². The van der Waals surface area contributed by atoms with Gasteiger partial charge in [-0.05, 0) is 36.4 Å². The first-order valence-corrected chi connectivity index (χ1v) is 10.5. The number of rotatable bonds is 5. The molecule has 3 aromatic rings. The Kier molecular flexibility index (Phi) is 5.13. The van der Waals surface area contributed by atoms with Crippen molar-refractivity contribution in [1.82, 2.24) is 9.88 Å². The second-order valence-electron chi connectivity index (χ2n) is 6.28. The van der Waals surface area contributed by atoms with Crippen LogP contribution in [0, 0.1) is 0 Å². The first-order valence-electron chi connectivity index (χ1n) is 8.73. The third kappa shape index (κ3) is 3.44. The maximum absolute atomic E-state index is 13.1. The SMILES string of the molecule is COc1ccc([C@H]2CCCN2C(=O)c2csc(-c3cccs3)n2)c(OC)c1. The second-order valence-corrected chi connectivity index (χ2v) is 8.09. The minimum atomic E-state index is -0.0190. The number of carbonyl (C=O) groups excluding carboxylic acids is 1. The van der Waals surface area contributed by atoms with E-state index in [2.05, 4.69) is 4.98 Å². The molecule has 1 aromatic carbocycles. The molecule has 5 nitrogen and oxygen atoms in total. The largest absolute Gasteiger partial charge is 0.497 e. The fourth-order valence-corrected chi connectivity index (χ4v) is 5.07. The zero-order chi connectivity index (χ0) is 18.8. The molecule has 0 radical (unpaired) electrons. The van der Waals surface area contributed by atoms with Gasteiger partial charge in [0.1, 0.15) is 22.2 Å². The van der Waals surface area contributed by atoms with Gasteiger partial charge < -0.3 is 14.4 Å². The van der Waals surface area contributed by atoms with Gasteiger partial charge in [0.25, 0.3) is 5.91 Å². The number of likely N-dealkylation sites (tertiary alicyclic amines) is 1. The second kappa shape index (κ2) is 7.70. The van der Waals surface area contributed by atoms with E-state index in [1.54, 1.807) is 25.6 Å². The molecule has 4 rings (SSSR count). The minimum Gasteiger partial charge on any atom is -0.497 e. The lowest BCUT2D eigenvalue weighted by Gasteiger charge is -2.26. The van der Waals surface area contributed by atoms with Gasteiger partial charge in [-0.15, -0.1) is 22.7 Å². The molecule has 27 heavy (non-hydrogen) atoms. The van der Waals surface area contributed by atoms with E-state index >= 15 is 0 Å². The van der Waals surface area contributed by atoms with Crippen molar-refractivity contribution in [3.8, 4) is 21.4 Å². The van der Waals surface area contributed by atoms with Crippen LogP contribution < -0.4 is 9.47 Å². The number of methoxy groups -OCH3 is 2. The van der Waals surface area contributed by atoms with Gasteiger partial charge in [-0.1, -0.05) is 6.07 Å². The van der Waals surface area contributed by atoms with Crippen LogP contribution in [0.4, 0.5) is 0 Å². The molecular weight excluding hydrogens is 380 g/mol. The number of carbonyl (C=O) groups is 1. The third-order valence-electron chi connectivity index (χ3n) is 4.77. The molecular formula is C20H20N2O3S2. The summed E-state index contributed by atoms with van der Waals surface area (Å²) in [5.74, 6) is 1.47. The molecule has 0 saturated carbocycles. The maximum Gasteiger partial charge on any atom is 0.273 e. The van der Waals surface area contributed by atoms with Crippen LogP contribution in [0.2, 0.25) is 0 Å². The van der Waals surface area contributed by atoms with E-state index in [-0.39, 0.29) is 11.9 Å². The van der Waals surface area contributed by atoms with Gasteiger partial charge in [0.15, 0.2) is 0 Å². The average Bonchev–Trinajstić information content (AvgIpc) is 3.47. The van der Waals surface area contributed by atoms with Crippen molar-refractivity contribution in [3.05, 3.63) is 52.3 Å². The van der Waals surface area contributed by atoms with Crippen molar-refractivity contribution in [2.24, 2.45) is 0 Å². The molecule has 1 atom stereocenters. The molecule has 0 aliphatic carbocycles. The van der Waals surface area contributed by atoms with Crippen LogP contribution in [0.5, 0.6) is 11.5 Å². The summed E-state index contributed by atoms with van der Waals surface area (Å²) in [7, 11) is 3.28. The minimum absolute atomic E-state index is 0.00903. The Balaban J connectivity index is 1.61. The highest BCUT2D eigenvalue weighted by Crippen LogP contribution is 2.39. The molecule has 0 bridgehead atoms. The average molecular weight is 401 g/mol. The van der Waals surface area contributed by atoms with Crippen molar-refractivity contribution in [1.29, 1.82) is 0 Å². The van der Waals surface area contributed by atoms with E-state index in [4.69, 9.17) is 9.47 Å². The number of benzene rings is 1. The Bertz CT molecular complexity index is 937. The number of amides is 1. The molecule has 3 heterocycles. The van der Waals surface area contributed by atoms with Crippen molar-refractivity contribution >= 4 is 28.6 Å². The fourth-order valence-electron chi connectivity index (χ4n) is 3.46. The van der Waals surface area contributed by atoms with Gasteiger partial charge in [-0.3, -0.25) is 4.79 Å². The molecule has 0 N–H and O–H groups in total. The van der Waals surface area contributed by atoms with Crippen LogP contribution in [0.25, 0.3) is 9.88 Å². The van der Waals surface area contributed by atoms with Crippen molar-refractivity contribution < 1.29 is 14.3 Å². The molecule has 140 valence electrons. The standard InChI is InChI=1S/C20H20N2O3S2/c1-24-13-7-8-14(17(11-13)25-2)16-5-3-9-22(16)20(23)15-12-27-19(21-15)18-6-4-10-26-18/h4,6-8,10-12,16H,3,5,9H2,1-2H3/t16-/m1/s1. The number of aromatic nitrogens is 1. The van der Waals surface area contributed by atoms with Crippen LogP contribution >= 0.6 is 22.7 Å². The molecule has 7 heteroatoms. The number of thiazole rings is 1. The van der Waals surface area contributed by atoms with Gasteiger partial charge in [0.2, 0.25) is 0 Å².